The summed E-state index contributed by atoms with van der Waals surface area (Å²) in [5, 5.41) is 8.73. The van der Waals surface area contributed by atoms with E-state index < -0.39 is 10.0 Å². The molecule has 0 bridgehead atoms. The Kier molecular flexibility index (Phi) is 3.08. The maximum atomic E-state index is 12.3. The van der Waals surface area contributed by atoms with E-state index in [0.717, 1.165) is 5.52 Å². The van der Waals surface area contributed by atoms with E-state index in [1.54, 1.807) is 12.1 Å². The first-order valence-corrected chi connectivity index (χ1v) is 7.53. The van der Waals surface area contributed by atoms with E-state index in [9.17, 15) is 8.42 Å². The molecular formula is C14H10N4O2S. The van der Waals surface area contributed by atoms with Gasteiger partial charge in [-0.15, -0.1) is 0 Å². The number of benzene rings is 2. The zero-order valence-electron chi connectivity index (χ0n) is 10.7. The van der Waals surface area contributed by atoms with E-state index in [0.29, 0.717) is 16.8 Å². The molecule has 0 saturated heterocycles. The molecule has 6 nitrogen and oxygen atoms in total. The van der Waals surface area contributed by atoms with Crippen LogP contribution in [0.15, 0.2) is 53.7 Å². The molecule has 0 radical (unpaired) electrons. The number of aromatic amines is 1. The summed E-state index contributed by atoms with van der Waals surface area (Å²) in [6.45, 7) is 0. The summed E-state index contributed by atoms with van der Waals surface area (Å²) in [6, 6.07) is 12.8. The fraction of sp³-hybridized carbons (Fsp3) is 0. The summed E-state index contributed by atoms with van der Waals surface area (Å²) in [4.78, 5) is 7.11. The fourth-order valence-electron chi connectivity index (χ4n) is 1.96. The lowest BCUT2D eigenvalue weighted by Crippen LogP contribution is -2.13. The Bertz CT molecular complexity index is 937. The van der Waals surface area contributed by atoms with Crippen LogP contribution in [-0.2, 0) is 10.0 Å². The summed E-state index contributed by atoms with van der Waals surface area (Å²) in [5.74, 6) is 0. The van der Waals surface area contributed by atoms with E-state index in [-0.39, 0.29) is 4.90 Å². The molecule has 0 aliphatic rings. The third kappa shape index (κ3) is 2.44. The number of nitrogens with zero attached hydrogens (tertiary/aromatic N) is 2. The summed E-state index contributed by atoms with van der Waals surface area (Å²) >= 11 is 0. The second kappa shape index (κ2) is 4.92. The monoisotopic (exact) mass is 298 g/mol. The van der Waals surface area contributed by atoms with Crippen LogP contribution in [0.25, 0.3) is 11.0 Å². The lowest BCUT2D eigenvalue weighted by molar-refractivity contribution is 0.601. The topological polar surface area (TPSA) is 98.6 Å². The number of rotatable bonds is 3. The number of anilines is 1. The maximum absolute atomic E-state index is 12.3. The Morgan fingerprint density at radius 3 is 2.62 bits per heavy atom. The minimum Gasteiger partial charge on any atom is -0.345 e. The standard InChI is InChI=1S/C14H10N4O2S/c15-8-10-4-6-11(7-5-10)21(19,20)18-13-3-1-2-12-14(13)17-9-16-12/h1-7,9,18H,(H,16,17). The first-order valence-electron chi connectivity index (χ1n) is 6.05. The fourth-order valence-corrected chi connectivity index (χ4v) is 3.03. The van der Waals surface area contributed by atoms with Gasteiger partial charge in [-0.05, 0) is 36.4 Å². The zero-order chi connectivity index (χ0) is 14.9. The van der Waals surface area contributed by atoms with Crippen LogP contribution < -0.4 is 4.72 Å². The van der Waals surface area contributed by atoms with Gasteiger partial charge in [-0.3, -0.25) is 4.72 Å². The van der Waals surface area contributed by atoms with E-state index in [1.165, 1.54) is 30.6 Å². The predicted molar refractivity (Wildman–Crippen MR) is 78.1 cm³/mol. The second-order valence-electron chi connectivity index (χ2n) is 4.35. The Morgan fingerprint density at radius 1 is 1.14 bits per heavy atom. The number of nitrogens with one attached hydrogen (secondary N) is 2. The lowest BCUT2D eigenvalue weighted by Gasteiger charge is -2.08. The van der Waals surface area contributed by atoms with Crippen molar-refractivity contribution in [2.45, 2.75) is 4.90 Å². The molecule has 3 rings (SSSR count). The third-order valence-electron chi connectivity index (χ3n) is 2.99. The van der Waals surface area contributed by atoms with Gasteiger partial charge >= 0.3 is 0 Å². The first kappa shape index (κ1) is 13.1. The van der Waals surface area contributed by atoms with E-state index in [2.05, 4.69) is 14.7 Å². The molecule has 0 unspecified atom stereocenters. The lowest BCUT2D eigenvalue weighted by atomic mass is 10.2. The number of imidazole rings is 1. The molecule has 2 aromatic carbocycles. The first-order chi connectivity index (χ1) is 10.1. The highest BCUT2D eigenvalue weighted by Gasteiger charge is 2.16. The van der Waals surface area contributed by atoms with Crippen molar-refractivity contribution in [3.63, 3.8) is 0 Å². The van der Waals surface area contributed by atoms with E-state index in [1.807, 2.05) is 12.1 Å². The van der Waals surface area contributed by atoms with Crippen LogP contribution in [0.2, 0.25) is 0 Å². The SMILES string of the molecule is N#Cc1ccc(S(=O)(=O)Nc2cccc3[nH]cnc23)cc1. The summed E-state index contributed by atoms with van der Waals surface area (Å²) in [6.07, 6.45) is 1.50. The number of sulfonamides is 1. The molecule has 1 heterocycles. The van der Waals surface area contributed by atoms with Gasteiger partial charge in [-0.1, -0.05) is 6.07 Å². The average Bonchev–Trinajstić information content (AvgIpc) is 2.97. The molecule has 0 fully saturated rings. The van der Waals surface area contributed by atoms with Gasteiger partial charge in [0, 0.05) is 0 Å². The number of aromatic nitrogens is 2. The molecule has 7 heteroatoms. The normalized spacial score (nSPS) is 11.2. The molecule has 3 aromatic rings. The van der Waals surface area contributed by atoms with Crippen molar-refractivity contribution in [1.82, 2.24) is 9.97 Å². The van der Waals surface area contributed by atoms with E-state index in [4.69, 9.17) is 5.26 Å². The van der Waals surface area contributed by atoms with Crippen LogP contribution in [0.3, 0.4) is 0 Å². The van der Waals surface area contributed by atoms with Gasteiger partial charge in [-0.25, -0.2) is 13.4 Å². The number of hydrogen-bond donors (Lipinski definition) is 2. The minimum atomic E-state index is -3.72. The van der Waals surface area contributed by atoms with Crippen molar-refractivity contribution in [2.24, 2.45) is 0 Å². The highest BCUT2D eigenvalue weighted by atomic mass is 32.2. The van der Waals surface area contributed by atoms with Gasteiger partial charge in [0.05, 0.1) is 34.1 Å². The summed E-state index contributed by atoms with van der Waals surface area (Å²) < 4.78 is 27.2. The maximum Gasteiger partial charge on any atom is 0.261 e. The summed E-state index contributed by atoms with van der Waals surface area (Å²) in [7, 11) is -3.72. The van der Waals surface area contributed by atoms with Gasteiger partial charge in [0.25, 0.3) is 10.0 Å². The van der Waals surface area contributed by atoms with Crippen molar-refractivity contribution in [3.8, 4) is 6.07 Å². The number of fused-ring (bicyclic) bond motifs is 1. The van der Waals surface area contributed by atoms with Crippen LogP contribution in [0.4, 0.5) is 5.69 Å². The van der Waals surface area contributed by atoms with Gasteiger partial charge in [0.1, 0.15) is 5.52 Å². The van der Waals surface area contributed by atoms with Crippen LogP contribution >= 0.6 is 0 Å². The number of H-pyrrole nitrogens is 1. The van der Waals surface area contributed by atoms with Gasteiger partial charge < -0.3 is 4.98 Å². The van der Waals surface area contributed by atoms with Crippen LogP contribution in [0, 0.1) is 11.3 Å². The molecule has 21 heavy (non-hydrogen) atoms. The summed E-state index contributed by atoms with van der Waals surface area (Å²) in [5.41, 5.74) is 2.10. The molecule has 104 valence electrons. The minimum absolute atomic E-state index is 0.0917. The predicted octanol–water partition coefficient (Wildman–Crippen LogP) is 2.24. The van der Waals surface area contributed by atoms with Crippen molar-refractivity contribution in [1.29, 1.82) is 5.26 Å². The van der Waals surface area contributed by atoms with Gasteiger partial charge in [0.2, 0.25) is 0 Å². The second-order valence-corrected chi connectivity index (χ2v) is 6.03. The molecule has 0 amide bonds. The van der Waals surface area contributed by atoms with Crippen LogP contribution in [0.1, 0.15) is 5.56 Å². The molecule has 0 aliphatic carbocycles. The van der Waals surface area contributed by atoms with E-state index >= 15 is 0 Å². The Balaban J connectivity index is 1.99. The highest BCUT2D eigenvalue weighted by molar-refractivity contribution is 7.92. The smallest absolute Gasteiger partial charge is 0.261 e. The van der Waals surface area contributed by atoms with Crippen molar-refractivity contribution >= 4 is 26.7 Å². The van der Waals surface area contributed by atoms with Crippen molar-refractivity contribution in [2.75, 3.05) is 4.72 Å². The number of nitriles is 1. The molecule has 0 atom stereocenters. The van der Waals surface area contributed by atoms with Crippen molar-refractivity contribution < 1.29 is 8.42 Å². The quantitative estimate of drug-likeness (QED) is 0.774. The Labute approximate surface area is 121 Å². The van der Waals surface area contributed by atoms with Gasteiger partial charge in [-0.2, -0.15) is 5.26 Å². The average molecular weight is 298 g/mol. The zero-order valence-corrected chi connectivity index (χ0v) is 11.6. The number of hydrogen-bond acceptors (Lipinski definition) is 4. The molecular weight excluding hydrogens is 288 g/mol. The highest BCUT2D eigenvalue weighted by Crippen LogP contribution is 2.23. The Morgan fingerprint density at radius 2 is 1.90 bits per heavy atom. The largest absolute Gasteiger partial charge is 0.345 e. The molecule has 0 spiro atoms. The third-order valence-corrected chi connectivity index (χ3v) is 4.37. The van der Waals surface area contributed by atoms with Crippen molar-refractivity contribution in [3.05, 3.63) is 54.4 Å². The number of para-hydroxylation sites is 1. The Hall–Kier alpha value is -2.85. The van der Waals surface area contributed by atoms with Gasteiger partial charge in [0.15, 0.2) is 0 Å². The van der Waals surface area contributed by atoms with Crippen LogP contribution in [0.5, 0.6) is 0 Å². The molecule has 0 aliphatic heterocycles. The molecule has 1 aromatic heterocycles. The molecule has 0 saturated carbocycles. The van der Waals surface area contributed by atoms with Crippen LogP contribution in [-0.4, -0.2) is 18.4 Å². The molecule has 2 N–H and O–H groups in total.